The molecule has 0 aliphatic heterocycles. The minimum Gasteiger partial charge on any atom is -1.00 e. The van der Waals surface area contributed by atoms with Crippen LogP contribution in [0.3, 0.4) is 0 Å². The van der Waals surface area contributed by atoms with Gasteiger partial charge in [0.1, 0.15) is 0 Å². The molecule has 1 atom stereocenters. The molecule has 0 aromatic carbocycles. The second kappa shape index (κ2) is 44.3. The quantitative estimate of drug-likeness (QED) is 0.287. The summed E-state index contributed by atoms with van der Waals surface area (Å²) in [5, 5.41) is 0.356. The molecular formula is C8H21Cl3Mg3. The van der Waals surface area contributed by atoms with Gasteiger partial charge in [0, 0.05) is 5.38 Å². The van der Waals surface area contributed by atoms with Gasteiger partial charge in [-0.05, 0) is 13.3 Å². The number of halogens is 3. The van der Waals surface area contributed by atoms with Gasteiger partial charge in [0.25, 0.3) is 0 Å². The van der Waals surface area contributed by atoms with Crippen molar-refractivity contribution in [3.8, 4) is 0 Å². The summed E-state index contributed by atoms with van der Waals surface area (Å²) in [5.74, 6) is 0. The zero-order chi connectivity index (χ0) is 7.70. The molecule has 0 aliphatic carbocycles. The maximum absolute atomic E-state index is 5.46. The first-order chi connectivity index (χ1) is 4.18. The normalized spacial score (nSPS) is 7.50. The fourth-order valence-electron chi connectivity index (χ4n) is 0. The minimum absolute atomic E-state index is 0. The molecular weight excluding hydrogens is 275 g/mol. The number of hydrogen-bond acceptors (Lipinski definition) is 0. The molecule has 0 saturated heterocycles. The van der Waals surface area contributed by atoms with Crippen molar-refractivity contribution in [3.63, 3.8) is 0 Å². The molecule has 1 unspecified atom stereocenters. The van der Waals surface area contributed by atoms with E-state index in [0.717, 1.165) is 6.42 Å². The zero-order valence-electron chi connectivity index (χ0n) is 12.8. The van der Waals surface area contributed by atoms with Crippen LogP contribution in [0, 0.1) is 6.42 Å². The van der Waals surface area contributed by atoms with Crippen molar-refractivity contribution < 1.29 is 29.1 Å². The molecule has 0 heterocycles. The Kier molecular flexibility index (Phi) is 137. The van der Waals surface area contributed by atoms with Crippen LogP contribution >= 0.6 is 11.6 Å². The van der Waals surface area contributed by atoms with Crippen molar-refractivity contribution in [2.45, 2.75) is 45.9 Å². The molecule has 0 spiro atoms. The van der Waals surface area contributed by atoms with Crippen molar-refractivity contribution in [1.82, 2.24) is 0 Å². The van der Waals surface area contributed by atoms with Gasteiger partial charge in [-0.25, -0.2) is 0 Å². The number of unbranched alkanes of at least 4 members (excludes halogenated alkanes) is 1. The van der Waals surface area contributed by atoms with E-state index in [9.17, 15) is 0 Å². The Labute approximate surface area is 160 Å². The maximum atomic E-state index is 5.46. The van der Waals surface area contributed by atoms with Crippen LogP contribution in [0.1, 0.15) is 44.8 Å². The van der Waals surface area contributed by atoms with Crippen LogP contribution < -0.4 is 24.8 Å². The van der Waals surface area contributed by atoms with Gasteiger partial charge >= 0.3 is 69.2 Å². The maximum Gasteiger partial charge on any atom is 2.00 e. The second-order valence-corrected chi connectivity index (χ2v) is 2.75. The van der Waals surface area contributed by atoms with Crippen LogP contribution in [-0.4, -0.2) is 74.5 Å². The average Bonchev–Trinajstić information content (AvgIpc) is 1.89. The van der Waals surface area contributed by atoms with Gasteiger partial charge in [0.2, 0.25) is 0 Å². The Balaban J connectivity index is -0.00000000494. The van der Waals surface area contributed by atoms with Gasteiger partial charge < -0.3 is 35.5 Å². The molecule has 0 saturated carbocycles. The molecule has 80 valence electrons. The predicted molar refractivity (Wildman–Crippen MR) is 66.5 cm³/mol. The van der Waals surface area contributed by atoms with E-state index in [0.29, 0.717) is 5.38 Å². The van der Waals surface area contributed by atoms with Crippen molar-refractivity contribution in [3.05, 3.63) is 6.42 Å². The topological polar surface area (TPSA) is 0 Å². The fourth-order valence-corrected chi connectivity index (χ4v) is 0. The molecule has 0 bridgehead atoms. The number of hydrogen-bond donors (Lipinski definition) is 0. The van der Waals surface area contributed by atoms with E-state index < -0.39 is 0 Å². The molecule has 0 aromatic rings. The van der Waals surface area contributed by atoms with E-state index in [4.69, 9.17) is 11.6 Å². The zero-order valence-corrected chi connectivity index (χ0v) is 16.3. The number of alkyl halides is 1. The Morgan fingerprint density at radius 2 is 1.29 bits per heavy atom. The van der Waals surface area contributed by atoms with Crippen LogP contribution in [0.25, 0.3) is 0 Å². The van der Waals surface area contributed by atoms with Gasteiger partial charge in [-0.2, -0.15) is 13.3 Å². The summed E-state index contributed by atoms with van der Waals surface area (Å²) in [7, 11) is 0. The molecule has 0 radical (unpaired) electrons. The van der Waals surface area contributed by atoms with E-state index >= 15 is 0 Å². The first-order valence-corrected chi connectivity index (χ1v) is 4.04. The van der Waals surface area contributed by atoms with E-state index in [1.165, 1.54) is 6.42 Å². The van der Waals surface area contributed by atoms with E-state index in [2.05, 4.69) is 27.2 Å². The first-order valence-electron chi connectivity index (χ1n) is 3.60. The van der Waals surface area contributed by atoms with E-state index in [-0.39, 0.29) is 98.3 Å². The predicted octanol–water partition coefficient (Wildman–Crippen LogP) is -3.15. The monoisotopic (exact) mass is 294 g/mol. The standard InChI is InChI=1S/C4H9Cl.C4H9.2ClH.3Mg.3H/c1-3-4(2)5;1-3-4-2;;;;;;;;/h4H,3H2,1-2H3;3H,4H2,1-2H3;2*1H;;;;;;/q;-1;;;3*+2;3*-1/p-2. The van der Waals surface area contributed by atoms with Crippen LogP contribution in [0.15, 0.2) is 0 Å². The molecule has 0 aliphatic rings. The van der Waals surface area contributed by atoms with Crippen LogP contribution in [0.4, 0.5) is 0 Å². The third-order valence-electron chi connectivity index (χ3n) is 0.971. The minimum atomic E-state index is 0. The van der Waals surface area contributed by atoms with Crippen LogP contribution in [-0.2, 0) is 0 Å². The van der Waals surface area contributed by atoms with Gasteiger partial charge in [-0.15, -0.1) is 11.6 Å². The molecule has 0 fully saturated rings. The Morgan fingerprint density at radius 3 is 1.29 bits per heavy atom. The Morgan fingerprint density at radius 1 is 1.14 bits per heavy atom. The Bertz CT molecular complexity index is 58.2. The van der Waals surface area contributed by atoms with Gasteiger partial charge in [-0.3, -0.25) is 0 Å². The molecule has 14 heavy (non-hydrogen) atoms. The summed E-state index contributed by atoms with van der Waals surface area (Å²) in [4.78, 5) is 0. The average molecular weight is 297 g/mol. The summed E-state index contributed by atoms with van der Waals surface area (Å²) < 4.78 is 0. The van der Waals surface area contributed by atoms with E-state index in [1.54, 1.807) is 0 Å². The smallest absolute Gasteiger partial charge is 1.00 e. The SMILES string of the molecule is CCC(C)Cl.C[CH-]CC.[Cl-].[Cl-].[H-].[H-].[H-].[Mg+2].[Mg+2].[Mg+2]. The van der Waals surface area contributed by atoms with Gasteiger partial charge in [0.15, 0.2) is 0 Å². The first kappa shape index (κ1) is 43.4. The largest absolute Gasteiger partial charge is 2.00 e. The third-order valence-corrected chi connectivity index (χ3v) is 1.28. The number of rotatable bonds is 2. The molecule has 0 N–H and O–H groups in total. The molecule has 0 nitrogen and oxygen atoms in total. The van der Waals surface area contributed by atoms with Crippen LogP contribution in [0.5, 0.6) is 0 Å². The Hall–Kier alpha value is 3.17. The molecule has 6 heteroatoms. The molecule has 0 amide bonds. The van der Waals surface area contributed by atoms with Crippen LogP contribution in [0.2, 0.25) is 0 Å². The summed E-state index contributed by atoms with van der Waals surface area (Å²) in [5.41, 5.74) is 0. The summed E-state index contributed by atoms with van der Waals surface area (Å²) in [6.07, 6.45) is 4.39. The van der Waals surface area contributed by atoms with Crippen molar-refractivity contribution in [2.75, 3.05) is 0 Å². The fraction of sp³-hybridized carbons (Fsp3) is 0.875. The van der Waals surface area contributed by atoms with E-state index in [1.807, 2.05) is 6.92 Å². The van der Waals surface area contributed by atoms with Gasteiger partial charge in [0.05, 0.1) is 0 Å². The molecule has 0 aromatic heterocycles. The van der Waals surface area contributed by atoms with Crippen molar-refractivity contribution in [1.29, 1.82) is 0 Å². The van der Waals surface area contributed by atoms with Crippen molar-refractivity contribution in [2.24, 2.45) is 0 Å². The van der Waals surface area contributed by atoms with Gasteiger partial charge in [-0.1, -0.05) is 13.8 Å². The summed E-state index contributed by atoms with van der Waals surface area (Å²) in [6.45, 7) is 8.24. The summed E-state index contributed by atoms with van der Waals surface area (Å²) in [6, 6.07) is 0. The summed E-state index contributed by atoms with van der Waals surface area (Å²) >= 11 is 5.46. The molecule has 0 rings (SSSR count). The third kappa shape index (κ3) is 80.0. The van der Waals surface area contributed by atoms with Crippen molar-refractivity contribution >= 4 is 80.8 Å². The second-order valence-electron chi connectivity index (χ2n) is 2.01.